The maximum atomic E-state index is 11.5. The molecular weight excluding hydrogens is 260 g/mol. The molecule has 1 aliphatic rings. The molecule has 0 radical (unpaired) electrons. The molecule has 0 saturated heterocycles. The van der Waals surface area contributed by atoms with Gasteiger partial charge in [-0.15, -0.1) is 0 Å². The molecule has 3 N–H and O–H groups in total. The van der Waals surface area contributed by atoms with Gasteiger partial charge in [0, 0.05) is 19.4 Å². The molecule has 1 aliphatic carbocycles. The lowest BCUT2D eigenvalue weighted by molar-refractivity contribution is -0.137. The molecule has 20 heavy (non-hydrogen) atoms. The molecule has 0 heterocycles. The van der Waals surface area contributed by atoms with E-state index in [0.29, 0.717) is 18.4 Å². The number of urea groups is 1. The Morgan fingerprint density at radius 1 is 1.15 bits per heavy atom. The number of carbonyl (C=O) groups excluding carboxylic acids is 2. The van der Waals surface area contributed by atoms with E-state index in [-0.39, 0.29) is 19.3 Å². The zero-order valence-corrected chi connectivity index (χ0v) is 12.0. The Morgan fingerprint density at radius 2 is 1.85 bits per heavy atom. The number of rotatable bonds is 6. The minimum Gasteiger partial charge on any atom is -0.481 e. The summed E-state index contributed by atoms with van der Waals surface area (Å²) in [6.07, 6.45) is 5.01. The molecule has 2 atom stereocenters. The molecule has 1 saturated carbocycles. The Kier molecular flexibility index (Phi) is 7.04. The predicted molar refractivity (Wildman–Crippen MR) is 74.2 cm³/mol. The van der Waals surface area contributed by atoms with Crippen LogP contribution in [0.5, 0.6) is 0 Å². The number of aliphatic carboxylic acids is 1. The Hall–Kier alpha value is -1.59. The number of carbonyl (C=O) groups is 3. The standard InChI is InChI=1S/C14H24N2O4/c1-10-5-2-3-6-11(10)9-15-14(20)16-12(17)7-4-8-13(18)19/h10-11H,2-9H2,1H3,(H,18,19)(H2,15,16,17,20). The maximum absolute atomic E-state index is 11.5. The first-order valence-corrected chi connectivity index (χ1v) is 7.28. The third-order valence-corrected chi connectivity index (χ3v) is 3.86. The van der Waals surface area contributed by atoms with Crippen molar-refractivity contribution in [2.75, 3.05) is 6.54 Å². The fourth-order valence-corrected chi connectivity index (χ4v) is 2.55. The van der Waals surface area contributed by atoms with Crippen molar-refractivity contribution < 1.29 is 19.5 Å². The van der Waals surface area contributed by atoms with E-state index >= 15 is 0 Å². The van der Waals surface area contributed by atoms with E-state index in [4.69, 9.17) is 5.11 Å². The monoisotopic (exact) mass is 284 g/mol. The molecule has 0 spiro atoms. The van der Waals surface area contributed by atoms with Crippen molar-refractivity contribution >= 4 is 17.9 Å². The SMILES string of the molecule is CC1CCCCC1CNC(=O)NC(=O)CCCC(=O)O. The van der Waals surface area contributed by atoms with Gasteiger partial charge >= 0.3 is 12.0 Å². The minimum atomic E-state index is -0.937. The zero-order chi connectivity index (χ0) is 15.0. The van der Waals surface area contributed by atoms with Crippen molar-refractivity contribution in [1.29, 1.82) is 0 Å². The lowest BCUT2D eigenvalue weighted by Crippen LogP contribution is -2.42. The van der Waals surface area contributed by atoms with Gasteiger partial charge in [0.1, 0.15) is 0 Å². The summed E-state index contributed by atoms with van der Waals surface area (Å²) in [7, 11) is 0. The van der Waals surface area contributed by atoms with Crippen molar-refractivity contribution in [3.63, 3.8) is 0 Å². The van der Waals surface area contributed by atoms with Crippen LogP contribution in [0.1, 0.15) is 51.9 Å². The topological polar surface area (TPSA) is 95.5 Å². The molecule has 0 aromatic heterocycles. The average Bonchev–Trinajstić information content (AvgIpc) is 2.37. The van der Waals surface area contributed by atoms with Gasteiger partial charge in [0.2, 0.25) is 5.91 Å². The van der Waals surface area contributed by atoms with Crippen LogP contribution in [-0.2, 0) is 9.59 Å². The van der Waals surface area contributed by atoms with Gasteiger partial charge in [0.25, 0.3) is 0 Å². The lowest BCUT2D eigenvalue weighted by Gasteiger charge is -2.28. The van der Waals surface area contributed by atoms with E-state index in [1.54, 1.807) is 0 Å². The van der Waals surface area contributed by atoms with Crippen LogP contribution in [0, 0.1) is 11.8 Å². The number of nitrogens with one attached hydrogen (secondary N) is 2. The third kappa shape index (κ3) is 6.54. The van der Waals surface area contributed by atoms with Crippen LogP contribution >= 0.6 is 0 Å². The summed E-state index contributed by atoms with van der Waals surface area (Å²) in [5, 5.41) is 13.4. The second-order valence-corrected chi connectivity index (χ2v) is 5.53. The van der Waals surface area contributed by atoms with E-state index in [1.807, 2.05) is 0 Å². The van der Waals surface area contributed by atoms with Gasteiger partial charge in [-0.1, -0.05) is 26.2 Å². The number of hydrogen-bond acceptors (Lipinski definition) is 3. The fraction of sp³-hybridized carbons (Fsp3) is 0.786. The summed E-state index contributed by atoms with van der Waals surface area (Å²) >= 11 is 0. The first-order chi connectivity index (χ1) is 9.49. The van der Waals surface area contributed by atoms with E-state index < -0.39 is 17.9 Å². The van der Waals surface area contributed by atoms with Gasteiger partial charge in [-0.05, 0) is 24.7 Å². The summed E-state index contributed by atoms with van der Waals surface area (Å²) in [5.74, 6) is -0.277. The molecule has 0 aliphatic heterocycles. The third-order valence-electron chi connectivity index (χ3n) is 3.86. The summed E-state index contributed by atoms with van der Waals surface area (Å²) < 4.78 is 0. The predicted octanol–water partition coefficient (Wildman–Crippen LogP) is 1.89. The summed E-state index contributed by atoms with van der Waals surface area (Å²) in [4.78, 5) is 33.2. The quantitative estimate of drug-likeness (QED) is 0.694. The van der Waals surface area contributed by atoms with Gasteiger partial charge in [0.15, 0.2) is 0 Å². The molecule has 0 aromatic carbocycles. The second kappa shape index (κ2) is 8.55. The largest absolute Gasteiger partial charge is 0.481 e. The normalized spacial score (nSPS) is 22.1. The van der Waals surface area contributed by atoms with Crippen LogP contribution in [0.2, 0.25) is 0 Å². The van der Waals surface area contributed by atoms with Crippen molar-refractivity contribution in [2.24, 2.45) is 11.8 Å². The molecule has 114 valence electrons. The molecule has 1 rings (SSSR count). The number of imide groups is 1. The second-order valence-electron chi connectivity index (χ2n) is 5.53. The summed E-state index contributed by atoms with van der Waals surface area (Å²) in [5.41, 5.74) is 0. The van der Waals surface area contributed by atoms with Crippen LogP contribution in [0.15, 0.2) is 0 Å². The Labute approximate surface area is 119 Å². The molecule has 3 amide bonds. The maximum Gasteiger partial charge on any atom is 0.321 e. The first-order valence-electron chi connectivity index (χ1n) is 7.28. The van der Waals surface area contributed by atoms with Gasteiger partial charge < -0.3 is 10.4 Å². The van der Waals surface area contributed by atoms with E-state index in [9.17, 15) is 14.4 Å². The van der Waals surface area contributed by atoms with Crippen molar-refractivity contribution in [1.82, 2.24) is 10.6 Å². The minimum absolute atomic E-state index is 0.0551. The van der Waals surface area contributed by atoms with Crippen molar-refractivity contribution in [3.8, 4) is 0 Å². The van der Waals surface area contributed by atoms with Crippen molar-refractivity contribution in [3.05, 3.63) is 0 Å². The highest BCUT2D eigenvalue weighted by Gasteiger charge is 2.21. The van der Waals surface area contributed by atoms with E-state index in [1.165, 1.54) is 19.3 Å². The van der Waals surface area contributed by atoms with Crippen LogP contribution in [-0.4, -0.2) is 29.6 Å². The number of carboxylic acid groups (broad SMARTS) is 1. The smallest absolute Gasteiger partial charge is 0.321 e. The fourth-order valence-electron chi connectivity index (χ4n) is 2.55. The van der Waals surface area contributed by atoms with E-state index in [0.717, 1.165) is 6.42 Å². The molecule has 0 aromatic rings. The Bertz CT molecular complexity index is 357. The molecular formula is C14H24N2O4. The highest BCUT2D eigenvalue weighted by atomic mass is 16.4. The average molecular weight is 284 g/mol. The highest BCUT2D eigenvalue weighted by molar-refractivity contribution is 5.94. The van der Waals surface area contributed by atoms with Crippen LogP contribution in [0.3, 0.4) is 0 Å². The molecule has 0 bridgehead atoms. The molecule has 6 nitrogen and oxygen atoms in total. The highest BCUT2D eigenvalue weighted by Crippen LogP contribution is 2.28. The lowest BCUT2D eigenvalue weighted by atomic mass is 9.80. The van der Waals surface area contributed by atoms with Crippen LogP contribution < -0.4 is 10.6 Å². The van der Waals surface area contributed by atoms with E-state index in [2.05, 4.69) is 17.6 Å². The Balaban J connectivity index is 2.15. The van der Waals surface area contributed by atoms with Gasteiger partial charge in [-0.2, -0.15) is 0 Å². The first kappa shape index (κ1) is 16.5. The number of carboxylic acids is 1. The van der Waals surface area contributed by atoms with Gasteiger partial charge in [0.05, 0.1) is 0 Å². The Morgan fingerprint density at radius 3 is 2.50 bits per heavy atom. The summed E-state index contributed by atoms with van der Waals surface area (Å²) in [6.45, 7) is 2.79. The number of amides is 3. The van der Waals surface area contributed by atoms with Gasteiger partial charge in [-0.25, -0.2) is 4.79 Å². The summed E-state index contributed by atoms with van der Waals surface area (Å²) in [6, 6.07) is -0.483. The molecule has 2 unspecified atom stereocenters. The van der Waals surface area contributed by atoms with Gasteiger partial charge in [-0.3, -0.25) is 14.9 Å². The van der Waals surface area contributed by atoms with Crippen LogP contribution in [0.25, 0.3) is 0 Å². The molecule has 6 heteroatoms. The molecule has 1 fully saturated rings. The van der Waals surface area contributed by atoms with Crippen LogP contribution in [0.4, 0.5) is 4.79 Å². The zero-order valence-electron chi connectivity index (χ0n) is 12.0. The van der Waals surface area contributed by atoms with Crippen molar-refractivity contribution in [2.45, 2.75) is 51.9 Å². The number of hydrogen-bond donors (Lipinski definition) is 3.